The van der Waals surface area contributed by atoms with Crippen molar-refractivity contribution in [3.63, 3.8) is 0 Å². The maximum atomic E-state index is 5.70. The molecule has 0 atom stereocenters. The number of aromatic amines is 1. The highest BCUT2D eigenvalue weighted by molar-refractivity contribution is 7.99. The van der Waals surface area contributed by atoms with Gasteiger partial charge in [0.2, 0.25) is 5.16 Å². The Morgan fingerprint density at radius 2 is 2.11 bits per heavy atom. The van der Waals surface area contributed by atoms with Gasteiger partial charge in [-0.1, -0.05) is 61.1 Å². The molecule has 0 bridgehead atoms. The minimum absolute atomic E-state index is 0.596. The average Bonchev–Trinajstić information content (AvgIpc) is 2.85. The van der Waals surface area contributed by atoms with E-state index in [-0.39, 0.29) is 0 Å². The second-order valence-electron chi connectivity index (χ2n) is 3.82. The molecule has 94 valence electrons. The van der Waals surface area contributed by atoms with Gasteiger partial charge in [-0.3, -0.25) is 5.10 Å². The Kier molecular flexibility index (Phi) is 4.44. The predicted octanol–water partition coefficient (Wildman–Crippen LogP) is 3.88. The number of benzene rings is 1. The Labute approximate surface area is 116 Å². The zero-order chi connectivity index (χ0) is 13.0. The summed E-state index contributed by atoms with van der Waals surface area (Å²) in [7, 11) is 0. The van der Waals surface area contributed by atoms with E-state index in [0.717, 1.165) is 17.8 Å². The van der Waals surface area contributed by atoms with Crippen molar-refractivity contribution >= 4 is 23.4 Å². The summed E-state index contributed by atoms with van der Waals surface area (Å²) in [5.74, 6) is 1.40. The van der Waals surface area contributed by atoms with E-state index in [0.29, 0.717) is 15.9 Å². The molecule has 2 rings (SSSR count). The summed E-state index contributed by atoms with van der Waals surface area (Å²) in [6, 6.07) is 8.30. The molecule has 5 heteroatoms. The third-order valence-electron chi connectivity index (χ3n) is 2.46. The van der Waals surface area contributed by atoms with E-state index in [1.807, 2.05) is 12.1 Å². The van der Waals surface area contributed by atoms with Crippen molar-refractivity contribution in [2.45, 2.75) is 18.5 Å². The van der Waals surface area contributed by atoms with Crippen LogP contribution in [0.1, 0.15) is 12.5 Å². The lowest BCUT2D eigenvalue weighted by atomic mass is 10.1. The molecule has 1 N–H and O–H groups in total. The quantitative estimate of drug-likeness (QED) is 0.845. The molecule has 0 aliphatic carbocycles. The number of aromatic nitrogens is 3. The van der Waals surface area contributed by atoms with Crippen LogP contribution in [0.2, 0.25) is 0 Å². The highest BCUT2D eigenvalue weighted by atomic mass is 35.5. The summed E-state index contributed by atoms with van der Waals surface area (Å²) in [4.78, 5) is 4.40. The highest BCUT2D eigenvalue weighted by Gasteiger charge is 2.06. The molecule has 0 amide bonds. The van der Waals surface area contributed by atoms with E-state index in [9.17, 15) is 0 Å². The molecule has 0 unspecified atom stereocenters. The summed E-state index contributed by atoms with van der Waals surface area (Å²) >= 11 is 7.17. The fourth-order valence-electron chi connectivity index (χ4n) is 1.48. The summed E-state index contributed by atoms with van der Waals surface area (Å²) < 4.78 is 0. The second-order valence-corrected chi connectivity index (χ2v) is 5.30. The first kappa shape index (κ1) is 13.2. The molecule has 1 aromatic carbocycles. The van der Waals surface area contributed by atoms with Crippen LogP contribution in [0.3, 0.4) is 0 Å². The standard InChI is InChI=1S/C13H14ClN3S/c1-3-10-4-6-11(7-5-10)12-15-13(17-16-12)18-8-9(2)14/h4-7H,2-3,8H2,1H3,(H,15,16,17). The minimum Gasteiger partial charge on any atom is -0.258 e. The number of aryl methyl sites for hydroxylation is 1. The largest absolute Gasteiger partial charge is 0.258 e. The van der Waals surface area contributed by atoms with E-state index in [1.54, 1.807) is 0 Å². The fraction of sp³-hybridized carbons (Fsp3) is 0.231. The van der Waals surface area contributed by atoms with E-state index < -0.39 is 0 Å². The van der Waals surface area contributed by atoms with Crippen LogP contribution < -0.4 is 0 Å². The fourth-order valence-corrected chi connectivity index (χ4v) is 2.20. The monoisotopic (exact) mass is 279 g/mol. The van der Waals surface area contributed by atoms with Crippen LogP contribution in [0.5, 0.6) is 0 Å². The van der Waals surface area contributed by atoms with Gasteiger partial charge < -0.3 is 0 Å². The molecule has 3 nitrogen and oxygen atoms in total. The predicted molar refractivity (Wildman–Crippen MR) is 76.9 cm³/mol. The van der Waals surface area contributed by atoms with Crippen LogP contribution >= 0.6 is 23.4 Å². The molecular formula is C13H14ClN3S. The molecular weight excluding hydrogens is 266 g/mol. The number of nitrogens with zero attached hydrogens (tertiary/aromatic N) is 2. The smallest absolute Gasteiger partial charge is 0.209 e. The van der Waals surface area contributed by atoms with Gasteiger partial charge in [-0.15, -0.1) is 5.10 Å². The third-order valence-corrected chi connectivity index (χ3v) is 3.68. The first-order chi connectivity index (χ1) is 8.69. The molecule has 0 aliphatic rings. The van der Waals surface area contributed by atoms with Gasteiger partial charge in [0.15, 0.2) is 5.82 Å². The summed E-state index contributed by atoms with van der Waals surface area (Å²) in [6.07, 6.45) is 1.04. The number of hydrogen-bond acceptors (Lipinski definition) is 3. The number of halogens is 1. The normalized spacial score (nSPS) is 10.6. The highest BCUT2D eigenvalue weighted by Crippen LogP contribution is 2.21. The lowest BCUT2D eigenvalue weighted by Gasteiger charge is -1.98. The number of hydrogen-bond donors (Lipinski definition) is 1. The van der Waals surface area contributed by atoms with Gasteiger partial charge in [-0.2, -0.15) is 0 Å². The summed E-state index contributed by atoms with van der Waals surface area (Å²) in [5, 5.41) is 8.35. The SMILES string of the molecule is C=C(Cl)CSc1n[nH]c(-c2ccc(CC)cc2)n1. The van der Waals surface area contributed by atoms with Crippen molar-refractivity contribution in [2.24, 2.45) is 0 Å². The topological polar surface area (TPSA) is 41.6 Å². The first-order valence-corrected chi connectivity index (χ1v) is 7.03. The third kappa shape index (κ3) is 3.37. The Morgan fingerprint density at radius 1 is 1.39 bits per heavy atom. The molecule has 1 aromatic heterocycles. The molecule has 0 spiro atoms. The Bertz CT molecular complexity index is 533. The van der Waals surface area contributed by atoms with Gasteiger partial charge >= 0.3 is 0 Å². The molecule has 0 aliphatic heterocycles. The lowest BCUT2D eigenvalue weighted by Crippen LogP contribution is -1.83. The first-order valence-electron chi connectivity index (χ1n) is 5.67. The Morgan fingerprint density at radius 3 is 2.72 bits per heavy atom. The second kappa shape index (κ2) is 6.07. The van der Waals surface area contributed by atoms with Crippen molar-refractivity contribution in [3.05, 3.63) is 41.4 Å². The summed E-state index contributed by atoms with van der Waals surface area (Å²) in [5.41, 5.74) is 2.35. The minimum atomic E-state index is 0.596. The summed E-state index contributed by atoms with van der Waals surface area (Å²) in [6.45, 7) is 5.77. The number of H-pyrrole nitrogens is 1. The van der Waals surface area contributed by atoms with Gasteiger partial charge in [0.05, 0.1) is 0 Å². The van der Waals surface area contributed by atoms with Crippen molar-refractivity contribution < 1.29 is 0 Å². The van der Waals surface area contributed by atoms with Gasteiger partial charge in [0, 0.05) is 16.3 Å². The molecule has 18 heavy (non-hydrogen) atoms. The van der Waals surface area contributed by atoms with Crippen LogP contribution in [0, 0.1) is 0 Å². The number of rotatable bonds is 5. The maximum Gasteiger partial charge on any atom is 0.209 e. The number of thioether (sulfide) groups is 1. The van der Waals surface area contributed by atoms with Crippen molar-refractivity contribution in [1.82, 2.24) is 15.2 Å². The average molecular weight is 280 g/mol. The zero-order valence-corrected chi connectivity index (χ0v) is 11.7. The van der Waals surface area contributed by atoms with Crippen LogP contribution in [-0.2, 0) is 6.42 Å². The Hall–Kier alpha value is -1.26. The van der Waals surface area contributed by atoms with E-state index in [2.05, 4.69) is 40.8 Å². The maximum absolute atomic E-state index is 5.70. The van der Waals surface area contributed by atoms with Gasteiger partial charge in [-0.25, -0.2) is 4.98 Å². The van der Waals surface area contributed by atoms with Crippen molar-refractivity contribution in [2.75, 3.05) is 5.75 Å². The van der Waals surface area contributed by atoms with Gasteiger partial charge in [0.25, 0.3) is 0 Å². The molecule has 2 aromatic rings. The molecule has 0 saturated heterocycles. The van der Waals surface area contributed by atoms with Gasteiger partial charge in [-0.05, 0) is 12.0 Å². The number of nitrogens with one attached hydrogen (secondary N) is 1. The van der Waals surface area contributed by atoms with Crippen LogP contribution in [0.25, 0.3) is 11.4 Å². The zero-order valence-electron chi connectivity index (χ0n) is 10.1. The van der Waals surface area contributed by atoms with Crippen molar-refractivity contribution in [1.29, 1.82) is 0 Å². The Balaban J connectivity index is 2.10. The van der Waals surface area contributed by atoms with Crippen LogP contribution in [0.15, 0.2) is 41.0 Å². The van der Waals surface area contributed by atoms with E-state index in [4.69, 9.17) is 11.6 Å². The molecule has 0 radical (unpaired) electrons. The van der Waals surface area contributed by atoms with Crippen LogP contribution in [-0.4, -0.2) is 20.9 Å². The van der Waals surface area contributed by atoms with Gasteiger partial charge in [0.1, 0.15) is 0 Å². The van der Waals surface area contributed by atoms with E-state index in [1.165, 1.54) is 17.3 Å². The molecule has 0 fully saturated rings. The van der Waals surface area contributed by atoms with Crippen molar-refractivity contribution in [3.8, 4) is 11.4 Å². The lowest BCUT2D eigenvalue weighted by molar-refractivity contribution is 0.975. The molecule has 0 saturated carbocycles. The molecule has 1 heterocycles. The van der Waals surface area contributed by atoms with E-state index >= 15 is 0 Å². The van der Waals surface area contributed by atoms with Crippen LogP contribution in [0.4, 0.5) is 0 Å².